The molecule has 0 spiro atoms. The number of ether oxygens (including phenoxy) is 1. The van der Waals surface area contributed by atoms with Crippen molar-refractivity contribution in [3.8, 4) is 12.1 Å². The minimum absolute atomic E-state index is 0.0753. The molecule has 1 aromatic carbocycles. The lowest BCUT2D eigenvalue weighted by molar-refractivity contribution is -0.140. The van der Waals surface area contributed by atoms with E-state index < -0.39 is 28.8 Å². The normalized spacial score (nSPS) is 11.9. The van der Waals surface area contributed by atoms with Crippen molar-refractivity contribution >= 4 is 39.2 Å². The second-order valence-electron chi connectivity index (χ2n) is 8.69. The predicted molar refractivity (Wildman–Crippen MR) is 153 cm³/mol. The van der Waals surface area contributed by atoms with Gasteiger partial charge in [0.25, 0.3) is 5.95 Å². The standard InChI is InChI=1S/C26H31N9O5S/c1-7-11-34(12-8-2)19-9-10-21(22(13-19)32-41(38,39)33(5)6)30-31-26-29-23(14-27)24(15-28)35(26)20(16-36)17-40-25(37)18(3)4/h7-10,13,20,32,36H,1-3,11-12,16-17H2,4-6H3. The Labute approximate surface area is 239 Å². The lowest BCUT2D eigenvalue weighted by atomic mass is 10.2. The second kappa shape index (κ2) is 14.5. The lowest BCUT2D eigenvalue weighted by Gasteiger charge is -2.23. The molecule has 0 fully saturated rings. The lowest BCUT2D eigenvalue weighted by Crippen LogP contribution is -2.29. The Balaban J connectivity index is 2.66. The Morgan fingerprint density at radius 3 is 2.41 bits per heavy atom. The van der Waals surface area contributed by atoms with Crippen LogP contribution in [0.15, 0.2) is 65.9 Å². The summed E-state index contributed by atoms with van der Waals surface area (Å²) in [5.74, 6) is -0.973. The van der Waals surface area contributed by atoms with Crippen molar-refractivity contribution < 1.29 is 23.1 Å². The van der Waals surface area contributed by atoms with Gasteiger partial charge < -0.3 is 14.7 Å². The third kappa shape index (κ3) is 8.09. The molecule has 1 aromatic heterocycles. The number of nitrogens with zero attached hydrogens (tertiary/aromatic N) is 8. The minimum atomic E-state index is -3.96. The van der Waals surface area contributed by atoms with Gasteiger partial charge in [0.05, 0.1) is 18.3 Å². The van der Waals surface area contributed by atoms with Crippen LogP contribution in [0.25, 0.3) is 0 Å². The van der Waals surface area contributed by atoms with Crippen molar-refractivity contribution in [1.29, 1.82) is 10.5 Å². The first-order valence-corrected chi connectivity index (χ1v) is 13.5. The number of aromatic nitrogens is 2. The fourth-order valence-corrected chi connectivity index (χ4v) is 3.97. The molecule has 1 atom stereocenters. The van der Waals surface area contributed by atoms with Crippen LogP contribution in [0.1, 0.15) is 24.4 Å². The molecule has 2 aromatic rings. The number of anilines is 2. The molecule has 15 heteroatoms. The van der Waals surface area contributed by atoms with E-state index in [9.17, 15) is 28.8 Å². The van der Waals surface area contributed by atoms with Crippen LogP contribution in [-0.2, 0) is 19.7 Å². The molecular weight excluding hydrogens is 550 g/mol. The molecule has 2 N–H and O–H groups in total. The Kier molecular flexibility index (Phi) is 11.5. The monoisotopic (exact) mass is 581 g/mol. The molecule has 0 saturated carbocycles. The maximum absolute atomic E-state index is 12.7. The van der Waals surface area contributed by atoms with Gasteiger partial charge in [-0.3, -0.25) is 9.29 Å². The van der Waals surface area contributed by atoms with E-state index in [1.54, 1.807) is 30.4 Å². The van der Waals surface area contributed by atoms with Gasteiger partial charge in [0.2, 0.25) is 0 Å². The number of nitriles is 2. The third-order valence-corrected chi connectivity index (χ3v) is 6.89. The molecule has 14 nitrogen and oxygen atoms in total. The van der Waals surface area contributed by atoms with E-state index in [0.29, 0.717) is 18.8 Å². The largest absolute Gasteiger partial charge is 0.460 e. The first-order chi connectivity index (χ1) is 19.4. The molecular formula is C26H31N9O5S. The van der Waals surface area contributed by atoms with Crippen LogP contribution in [0.5, 0.6) is 0 Å². The molecule has 0 amide bonds. The maximum atomic E-state index is 12.7. The summed E-state index contributed by atoms with van der Waals surface area (Å²) >= 11 is 0. The molecule has 1 unspecified atom stereocenters. The summed E-state index contributed by atoms with van der Waals surface area (Å²) in [7, 11) is -1.24. The summed E-state index contributed by atoms with van der Waals surface area (Å²) in [6.07, 6.45) is 3.37. The molecule has 2 rings (SSSR count). The Morgan fingerprint density at radius 1 is 1.24 bits per heavy atom. The van der Waals surface area contributed by atoms with E-state index in [4.69, 9.17) is 4.74 Å². The molecule has 0 aliphatic heterocycles. The molecule has 41 heavy (non-hydrogen) atoms. The number of benzene rings is 1. The van der Waals surface area contributed by atoms with Crippen molar-refractivity contribution in [3.63, 3.8) is 0 Å². The summed E-state index contributed by atoms with van der Waals surface area (Å²) in [4.78, 5) is 17.8. The number of carbonyl (C=O) groups is 1. The van der Waals surface area contributed by atoms with Crippen LogP contribution in [-0.4, -0.2) is 73.7 Å². The molecule has 0 aliphatic rings. The fourth-order valence-electron chi connectivity index (χ4n) is 3.34. The van der Waals surface area contributed by atoms with Crippen molar-refractivity contribution in [2.24, 2.45) is 10.2 Å². The molecule has 1 heterocycles. The van der Waals surface area contributed by atoms with Gasteiger partial charge >= 0.3 is 16.2 Å². The number of nitrogens with one attached hydrogen (secondary N) is 1. The highest BCUT2D eigenvalue weighted by atomic mass is 32.2. The van der Waals surface area contributed by atoms with Crippen LogP contribution in [0, 0.1) is 22.7 Å². The number of hydrogen-bond acceptors (Lipinski definition) is 11. The van der Waals surface area contributed by atoms with Gasteiger partial charge in [0, 0.05) is 38.4 Å². The topological polar surface area (TPSA) is 189 Å². The van der Waals surface area contributed by atoms with Crippen molar-refractivity contribution in [2.45, 2.75) is 13.0 Å². The van der Waals surface area contributed by atoms with Crippen molar-refractivity contribution in [1.82, 2.24) is 13.9 Å². The summed E-state index contributed by atoms with van der Waals surface area (Å²) in [6, 6.07) is 7.36. The van der Waals surface area contributed by atoms with Crippen LogP contribution < -0.4 is 9.62 Å². The van der Waals surface area contributed by atoms with Crippen LogP contribution >= 0.6 is 0 Å². The zero-order valence-corrected chi connectivity index (χ0v) is 23.8. The first kappa shape index (κ1) is 32.4. The zero-order chi connectivity index (χ0) is 30.7. The van der Waals surface area contributed by atoms with Gasteiger partial charge in [-0.2, -0.15) is 28.2 Å². The summed E-state index contributed by atoms with van der Waals surface area (Å²) < 4.78 is 35.0. The quantitative estimate of drug-likeness (QED) is 0.138. The summed E-state index contributed by atoms with van der Waals surface area (Å²) in [6.45, 7) is 12.4. The maximum Gasteiger partial charge on any atom is 0.333 e. The van der Waals surface area contributed by atoms with E-state index >= 15 is 0 Å². The van der Waals surface area contributed by atoms with Gasteiger partial charge in [0.1, 0.15) is 24.4 Å². The van der Waals surface area contributed by atoms with Gasteiger partial charge in [0.15, 0.2) is 11.4 Å². The number of aliphatic hydroxyl groups is 1. The van der Waals surface area contributed by atoms with Gasteiger partial charge in [-0.25, -0.2) is 4.79 Å². The van der Waals surface area contributed by atoms with Crippen molar-refractivity contribution in [3.05, 3.63) is 67.0 Å². The molecule has 0 aliphatic carbocycles. The molecule has 0 radical (unpaired) electrons. The van der Waals surface area contributed by atoms with Crippen LogP contribution in [0.4, 0.5) is 23.0 Å². The minimum Gasteiger partial charge on any atom is -0.460 e. The summed E-state index contributed by atoms with van der Waals surface area (Å²) in [5, 5.41) is 37.4. The van der Waals surface area contributed by atoms with E-state index in [1.165, 1.54) is 27.1 Å². The highest BCUT2D eigenvalue weighted by molar-refractivity contribution is 7.90. The van der Waals surface area contributed by atoms with Gasteiger partial charge in [-0.05, 0) is 25.1 Å². The number of esters is 1. The Hall–Kier alpha value is -4.83. The average molecular weight is 582 g/mol. The van der Waals surface area contributed by atoms with Crippen LogP contribution in [0.3, 0.4) is 0 Å². The van der Waals surface area contributed by atoms with E-state index in [-0.39, 0.29) is 40.9 Å². The predicted octanol–water partition coefficient (Wildman–Crippen LogP) is 3.09. The Morgan fingerprint density at radius 2 is 1.90 bits per heavy atom. The second-order valence-corrected chi connectivity index (χ2v) is 10.6. The van der Waals surface area contributed by atoms with E-state index in [1.807, 2.05) is 11.0 Å². The molecule has 0 bridgehead atoms. The highest BCUT2D eigenvalue weighted by Crippen LogP contribution is 2.33. The summed E-state index contributed by atoms with van der Waals surface area (Å²) in [5.41, 5.74) is 0.393. The highest BCUT2D eigenvalue weighted by Gasteiger charge is 2.25. The van der Waals surface area contributed by atoms with Crippen LogP contribution in [0.2, 0.25) is 0 Å². The SMILES string of the molecule is C=CCN(CC=C)c1ccc(N=Nc2nc(C#N)c(C#N)n2C(CO)COC(=O)C(=C)C)c(NS(=O)(=O)N(C)C)c1. The van der Waals surface area contributed by atoms with Gasteiger partial charge in [-0.15, -0.1) is 23.4 Å². The van der Waals surface area contributed by atoms with E-state index in [2.05, 4.69) is 39.7 Å². The number of aliphatic hydroxyl groups excluding tert-OH is 1. The third-order valence-electron chi connectivity index (χ3n) is 5.45. The average Bonchev–Trinajstić information content (AvgIpc) is 3.29. The fraction of sp³-hybridized carbons (Fsp3) is 0.308. The number of azo groups is 1. The molecule has 0 saturated heterocycles. The Bertz CT molecular complexity index is 1520. The number of carbonyl (C=O) groups excluding carboxylic acids is 1. The van der Waals surface area contributed by atoms with Crippen molar-refractivity contribution in [2.75, 3.05) is 50.0 Å². The molecule has 216 valence electrons. The smallest absolute Gasteiger partial charge is 0.333 e. The van der Waals surface area contributed by atoms with Gasteiger partial charge in [-0.1, -0.05) is 18.7 Å². The van der Waals surface area contributed by atoms with E-state index in [0.717, 1.165) is 8.87 Å². The number of rotatable bonds is 15. The number of hydrogen-bond donors (Lipinski definition) is 2. The first-order valence-electron chi connectivity index (χ1n) is 12.0. The zero-order valence-electron chi connectivity index (χ0n) is 23.0. The number of imidazole rings is 1.